The lowest BCUT2D eigenvalue weighted by atomic mass is 10.1. The van der Waals surface area contributed by atoms with Crippen LogP contribution in [-0.4, -0.2) is 29.1 Å². The van der Waals surface area contributed by atoms with Gasteiger partial charge in [0.1, 0.15) is 11.6 Å². The number of imidazole rings is 1. The Bertz CT molecular complexity index is 966. The molecule has 2 aromatic carbocycles. The monoisotopic (exact) mass is 355 g/mol. The summed E-state index contributed by atoms with van der Waals surface area (Å²) >= 11 is 6.12. The van der Waals surface area contributed by atoms with Gasteiger partial charge in [-0.2, -0.15) is 0 Å². The van der Waals surface area contributed by atoms with Crippen LogP contribution in [0, 0.1) is 0 Å². The van der Waals surface area contributed by atoms with Gasteiger partial charge in [0.15, 0.2) is 0 Å². The van der Waals surface area contributed by atoms with E-state index in [1.807, 2.05) is 31.3 Å². The van der Waals surface area contributed by atoms with Crippen LogP contribution in [0.1, 0.15) is 18.2 Å². The van der Waals surface area contributed by atoms with Gasteiger partial charge in [-0.1, -0.05) is 23.7 Å². The molecule has 0 spiro atoms. The Hall–Kier alpha value is -2.53. The second-order valence-corrected chi connectivity index (χ2v) is 6.68. The Balaban J connectivity index is 1.70. The largest absolute Gasteiger partial charge is 0.495 e. The molecule has 1 atom stereocenters. The van der Waals surface area contributed by atoms with Gasteiger partial charge in [0.05, 0.1) is 23.8 Å². The van der Waals surface area contributed by atoms with Gasteiger partial charge in [0, 0.05) is 31.0 Å². The van der Waals surface area contributed by atoms with Gasteiger partial charge in [-0.05, 0) is 30.3 Å². The molecule has 1 saturated heterocycles. The van der Waals surface area contributed by atoms with Crippen LogP contribution in [0.2, 0.25) is 5.02 Å². The number of nitrogens with zero attached hydrogens (tertiary/aromatic N) is 3. The van der Waals surface area contributed by atoms with Gasteiger partial charge >= 0.3 is 0 Å². The smallest absolute Gasteiger partial charge is 0.227 e. The van der Waals surface area contributed by atoms with E-state index in [1.54, 1.807) is 30.2 Å². The van der Waals surface area contributed by atoms with Crippen molar-refractivity contribution >= 4 is 34.2 Å². The highest BCUT2D eigenvalue weighted by Crippen LogP contribution is 2.38. The van der Waals surface area contributed by atoms with E-state index in [4.69, 9.17) is 21.3 Å². The lowest BCUT2D eigenvalue weighted by Gasteiger charge is -2.20. The fourth-order valence-electron chi connectivity index (χ4n) is 3.52. The standard InChI is InChI=1S/C19H18ClN3O2/c1-22-15-6-4-3-5-14(15)21-19(22)12-9-18(24)23(11-12)16-10-13(20)7-8-17(16)25-2/h3-8,10,12H,9,11H2,1-2H3/t12-/m1/s1. The molecular formula is C19H18ClN3O2. The first-order valence-electron chi connectivity index (χ1n) is 8.13. The average Bonchev–Trinajstić information content (AvgIpc) is 3.15. The summed E-state index contributed by atoms with van der Waals surface area (Å²) < 4.78 is 7.48. The van der Waals surface area contributed by atoms with E-state index in [9.17, 15) is 4.79 Å². The van der Waals surface area contributed by atoms with Crippen LogP contribution in [0.4, 0.5) is 5.69 Å². The Morgan fingerprint density at radius 2 is 2.04 bits per heavy atom. The zero-order chi connectivity index (χ0) is 17.6. The zero-order valence-electron chi connectivity index (χ0n) is 14.1. The van der Waals surface area contributed by atoms with Crippen LogP contribution in [0.5, 0.6) is 5.75 Å². The minimum Gasteiger partial charge on any atom is -0.495 e. The predicted octanol–water partition coefficient (Wildman–Crippen LogP) is 3.76. The molecule has 0 N–H and O–H groups in total. The molecule has 1 aliphatic heterocycles. The van der Waals surface area contributed by atoms with Crippen LogP contribution in [0.25, 0.3) is 11.0 Å². The van der Waals surface area contributed by atoms with Gasteiger partial charge in [0.2, 0.25) is 5.91 Å². The van der Waals surface area contributed by atoms with Crippen LogP contribution in [0.3, 0.4) is 0 Å². The van der Waals surface area contributed by atoms with Crippen molar-refractivity contribution in [3.05, 3.63) is 53.3 Å². The summed E-state index contributed by atoms with van der Waals surface area (Å²) in [6.07, 6.45) is 0.423. The molecule has 1 fully saturated rings. The molecular weight excluding hydrogens is 338 g/mol. The number of carbonyl (C=O) groups excluding carboxylic acids is 1. The molecule has 2 heterocycles. The first-order chi connectivity index (χ1) is 12.1. The zero-order valence-corrected chi connectivity index (χ0v) is 14.8. The van der Waals surface area contributed by atoms with E-state index in [0.29, 0.717) is 29.4 Å². The highest BCUT2D eigenvalue weighted by atomic mass is 35.5. The molecule has 0 bridgehead atoms. The average molecular weight is 356 g/mol. The summed E-state index contributed by atoms with van der Waals surface area (Å²) in [5.74, 6) is 1.66. The SMILES string of the molecule is COc1ccc(Cl)cc1N1C[C@H](c2nc3ccccc3n2C)CC1=O. The molecule has 1 aliphatic rings. The maximum absolute atomic E-state index is 12.7. The summed E-state index contributed by atoms with van der Waals surface area (Å²) in [5.41, 5.74) is 2.73. The predicted molar refractivity (Wildman–Crippen MR) is 98.4 cm³/mol. The lowest BCUT2D eigenvalue weighted by Crippen LogP contribution is -2.25. The molecule has 6 heteroatoms. The van der Waals surface area contributed by atoms with Crippen molar-refractivity contribution in [3.63, 3.8) is 0 Å². The van der Waals surface area contributed by atoms with E-state index in [1.165, 1.54) is 0 Å². The van der Waals surface area contributed by atoms with Crippen molar-refractivity contribution in [2.45, 2.75) is 12.3 Å². The lowest BCUT2D eigenvalue weighted by molar-refractivity contribution is -0.117. The van der Waals surface area contributed by atoms with E-state index in [2.05, 4.69) is 4.57 Å². The molecule has 128 valence electrons. The van der Waals surface area contributed by atoms with E-state index in [0.717, 1.165) is 16.9 Å². The maximum Gasteiger partial charge on any atom is 0.227 e. The van der Waals surface area contributed by atoms with Crippen LogP contribution in [-0.2, 0) is 11.8 Å². The molecule has 5 nitrogen and oxygen atoms in total. The van der Waals surface area contributed by atoms with Crippen LogP contribution in [0.15, 0.2) is 42.5 Å². The van der Waals surface area contributed by atoms with E-state index in [-0.39, 0.29) is 11.8 Å². The molecule has 0 unspecified atom stereocenters. The minimum atomic E-state index is 0.0357. The van der Waals surface area contributed by atoms with Crippen molar-refractivity contribution < 1.29 is 9.53 Å². The number of carbonyl (C=O) groups is 1. The normalized spacial score (nSPS) is 17.5. The highest BCUT2D eigenvalue weighted by molar-refractivity contribution is 6.31. The van der Waals surface area contributed by atoms with Crippen LogP contribution >= 0.6 is 11.6 Å². The molecule has 3 aromatic rings. The van der Waals surface area contributed by atoms with E-state index >= 15 is 0 Å². The van der Waals surface area contributed by atoms with Gasteiger partial charge in [-0.3, -0.25) is 4.79 Å². The quantitative estimate of drug-likeness (QED) is 0.718. The Morgan fingerprint density at radius 3 is 2.80 bits per heavy atom. The van der Waals surface area contributed by atoms with Gasteiger partial charge < -0.3 is 14.2 Å². The Kier molecular flexibility index (Phi) is 3.88. The molecule has 0 saturated carbocycles. The van der Waals surface area contributed by atoms with Crippen molar-refractivity contribution in [3.8, 4) is 5.75 Å². The highest BCUT2D eigenvalue weighted by Gasteiger charge is 2.35. The third kappa shape index (κ3) is 2.65. The first kappa shape index (κ1) is 16.0. The molecule has 0 aliphatic carbocycles. The number of aryl methyl sites for hydroxylation is 1. The number of aromatic nitrogens is 2. The first-order valence-corrected chi connectivity index (χ1v) is 8.51. The summed E-state index contributed by atoms with van der Waals surface area (Å²) in [6.45, 7) is 0.562. The summed E-state index contributed by atoms with van der Waals surface area (Å²) in [6, 6.07) is 13.3. The van der Waals surface area contributed by atoms with Gasteiger partial charge in [-0.25, -0.2) is 4.98 Å². The molecule has 4 rings (SSSR count). The number of para-hydroxylation sites is 2. The summed E-state index contributed by atoms with van der Waals surface area (Å²) in [7, 11) is 3.59. The van der Waals surface area contributed by atoms with Crippen LogP contribution < -0.4 is 9.64 Å². The fourth-order valence-corrected chi connectivity index (χ4v) is 3.68. The Morgan fingerprint density at radius 1 is 1.24 bits per heavy atom. The summed E-state index contributed by atoms with van der Waals surface area (Å²) in [5, 5.41) is 0.579. The molecule has 25 heavy (non-hydrogen) atoms. The number of rotatable bonds is 3. The topological polar surface area (TPSA) is 47.4 Å². The Labute approximate surface area is 150 Å². The van der Waals surface area contributed by atoms with Crippen molar-refractivity contribution in [1.82, 2.24) is 9.55 Å². The number of ether oxygens (including phenoxy) is 1. The maximum atomic E-state index is 12.7. The second kappa shape index (κ2) is 6.08. The van der Waals surface area contributed by atoms with Crippen molar-refractivity contribution in [1.29, 1.82) is 0 Å². The minimum absolute atomic E-state index is 0.0357. The fraction of sp³-hybridized carbons (Fsp3) is 0.263. The van der Waals surface area contributed by atoms with Gasteiger partial charge in [-0.15, -0.1) is 0 Å². The number of hydrogen-bond acceptors (Lipinski definition) is 3. The third-order valence-corrected chi connectivity index (χ3v) is 4.98. The van der Waals surface area contributed by atoms with Crippen molar-refractivity contribution in [2.24, 2.45) is 7.05 Å². The number of benzene rings is 2. The van der Waals surface area contributed by atoms with Gasteiger partial charge in [0.25, 0.3) is 0 Å². The molecule has 0 radical (unpaired) electrons. The number of methoxy groups -OCH3 is 1. The molecule has 1 amide bonds. The number of halogens is 1. The summed E-state index contributed by atoms with van der Waals surface area (Å²) in [4.78, 5) is 19.1. The second-order valence-electron chi connectivity index (χ2n) is 6.24. The number of fused-ring (bicyclic) bond motifs is 1. The number of amides is 1. The number of hydrogen-bond donors (Lipinski definition) is 0. The number of anilines is 1. The molecule has 1 aromatic heterocycles. The van der Waals surface area contributed by atoms with Crippen molar-refractivity contribution in [2.75, 3.05) is 18.6 Å². The third-order valence-electron chi connectivity index (χ3n) is 4.74. The van der Waals surface area contributed by atoms with E-state index < -0.39 is 0 Å².